The van der Waals surface area contributed by atoms with Gasteiger partial charge in [0.25, 0.3) is 5.56 Å². The summed E-state index contributed by atoms with van der Waals surface area (Å²) in [6.45, 7) is 0. The molecule has 1 aliphatic carbocycles. The van der Waals surface area contributed by atoms with Gasteiger partial charge in [-0.25, -0.2) is 4.98 Å². The minimum atomic E-state index is -0.288. The third-order valence-corrected chi connectivity index (χ3v) is 1.99. The molecule has 0 spiro atoms. The van der Waals surface area contributed by atoms with Crippen molar-refractivity contribution in [3.8, 4) is 0 Å². The fourth-order valence-electron chi connectivity index (χ4n) is 1.12. The van der Waals surface area contributed by atoms with Crippen LogP contribution in [0.25, 0.3) is 0 Å². The molecule has 2 rings (SSSR count). The van der Waals surface area contributed by atoms with E-state index in [2.05, 4.69) is 4.98 Å². The normalized spacial score (nSPS) is 16.3. The zero-order valence-corrected chi connectivity index (χ0v) is 6.53. The van der Waals surface area contributed by atoms with Crippen LogP contribution in [-0.4, -0.2) is 9.66 Å². The molecule has 5 heteroatoms. The van der Waals surface area contributed by atoms with Crippen LogP contribution in [0.2, 0.25) is 0 Å². The second-order valence-corrected chi connectivity index (χ2v) is 3.02. The average Bonchev–Trinajstić information content (AvgIpc) is 2.81. The van der Waals surface area contributed by atoms with Crippen molar-refractivity contribution in [1.29, 1.82) is 0 Å². The predicted octanol–water partition coefficient (Wildman–Crippen LogP) is -0.583. The van der Waals surface area contributed by atoms with Crippen molar-refractivity contribution in [3.63, 3.8) is 0 Å². The third-order valence-electron chi connectivity index (χ3n) is 1.99. The number of anilines is 1. The Morgan fingerprint density at radius 1 is 1.58 bits per heavy atom. The topological polar surface area (TPSA) is 86.9 Å². The fourth-order valence-corrected chi connectivity index (χ4v) is 1.12. The van der Waals surface area contributed by atoms with Crippen molar-refractivity contribution >= 4 is 5.95 Å². The highest BCUT2D eigenvalue weighted by Crippen LogP contribution is 2.38. The summed E-state index contributed by atoms with van der Waals surface area (Å²) in [5.74, 6) is 5.81. The van der Waals surface area contributed by atoms with Gasteiger partial charge >= 0.3 is 0 Å². The summed E-state index contributed by atoms with van der Waals surface area (Å²) >= 11 is 0. The van der Waals surface area contributed by atoms with Crippen LogP contribution in [0.4, 0.5) is 5.95 Å². The minimum Gasteiger partial charge on any atom is -0.368 e. The number of rotatable bonds is 1. The van der Waals surface area contributed by atoms with Gasteiger partial charge in [-0.2, -0.15) is 4.68 Å². The van der Waals surface area contributed by atoms with Gasteiger partial charge in [-0.15, -0.1) is 0 Å². The first-order chi connectivity index (χ1) is 5.68. The first-order valence-electron chi connectivity index (χ1n) is 3.83. The number of nitrogens with zero attached hydrogens (tertiary/aromatic N) is 2. The maximum atomic E-state index is 11.1. The van der Waals surface area contributed by atoms with Gasteiger partial charge < -0.3 is 11.6 Å². The first kappa shape index (κ1) is 7.15. The quantitative estimate of drug-likeness (QED) is 0.546. The number of nitrogens with two attached hydrogens (primary N) is 2. The van der Waals surface area contributed by atoms with Gasteiger partial charge in [0.1, 0.15) is 0 Å². The van der Waals surface area contributed by atoms with E-state index in [0.717, 1.165) is 23.2 Å². The van der Waals surface area contributed by atoms with Crippen molar-refractivity contribution in [2.24, 2.45) is 0 Å². The Bertz CT molecular complexity index is 366. The Hall–Kier alpha value is -1.52. The van der Waals surface area contributed by atoms with Crippen LogP contribution in [0.15, 0.2) is 10.9 Å². The van der Waals surface area contributed by atoms with Crippen LogP contribution in [0.1, 0.15) is 24.5 Å². The lowest BCUT2D eigenvalue weighted by molar-refractivity contribution is 0.869. The minimum absolute atomic E-state index is 0.0874. The molecule has 0 amide bonds. The van der Waals surface area contributed by atoms with Crippen molar-refractivity contribution in [3.05, 3.63) is 22.1 Å². The highest BCUT2D eigenvalue weighted by molar-refractivity contribution is 5.24. The van der Waals surface area contributed by atoms with Gasteiger partial charge in [0.2, 0.25) is 5.95 Å². The molecule has 4 N–H and O–H groups in total. The molecule has 1 saturated carbocycles. The summed E-state index contributed by atoms with van der Waals surface area (Å²) < 4.78 is 0.853. The summed E-state index contributed by atoms with van der Waals surface area (Å²) in [6, 6.07) is 1.45. The van der Waals surface area contributed by atoms with E-state index in [4.69, 9.17) is 11.6 Å². The van der Waals surface area contributed by atoms with E-state index < -0.39 is 0 Å². The lowest BCUT2D eigenvalue weighted by Crippen LogP contribution is -2.30. The van der Waals surface area contributed by atoms with Crippen LogP contribution >= 0.6 is 0 Å². The molecule has 0 radical (unpaired) electrons. The maximum Gasteiger partial charge on any atom is 0.273 e. The summed E-state index contributed by atoms with van der Waals surface area (Å²) in [4.78, 5) is 15.1. The van der Waals surface area contributed by atoms with E-state index in [0.29, 0.717) is 5.92 Å². The summed E-state index contributed by atoms with van der Waals surface area (Å²) in [5, 5.41) is 0. The zero-order chi connectivity index (χ0) is 8.72. The molecule has 5 nitrogen and oxygen atoms in total. The first-order valence-corrected chi connectivity index (χ1v) is 3.83. The van der Waals surface area contributed by atoms with Crippen LogP contribution < -0.4 is 17.1 Å². The molecule has 0 atom stereocenters. The smallest absolute Gasteiger partial charge is 0.273 e. The number of hydrogen-bond acceptors (Lipinski definition) is 4. The van der Waals surface area contributed by atoms with Gasteiger partial charge in [-0.3, -0.25) is 4.79 Å². The summed E-state index contributed by atoms with van der Waals surface area (Å²) in [6.07, 6.45) is 2.20. The SMILES string of the molecule is Nc1nc(C2CC2)cc(=O)n1N. The molecule has 0 aliphatic heterocycles. The fraction of sp³-hybridized carbons (Fsp3) is 0.429. The van der Waals surface area contributed by atoms with Gasteiger partial charge in [-0.05, 0) is 12.8 Å². The molecular weight excluding hydrogens is 156 g/mol. The number of nitrogen functional groups attached to an aromatic ring is 2. The van der Waals surface area contributed by atoms with Crippen LogP contribution in [0, 0.1) is 0 Å². The van der Waals surface area contributed by atoms with E-state index in [1.54, 1.807) is 0 Å². The summed E-state index contributed by atoms with van der Waals surface area (Å²) in [5.41, 5.74) is 5.90. The van der Waals surface area contributed by atoms with Crippen LogP contribution in [-0.2, 0) is 0 Å². The molecule has 1 aromatic rings. The zero-order valence-electron chi connectivity index (χ0n) is 6.53. The largest absolute Gasteiger partial charge is 0.368 e. The molecule has 0 aromatic carbocycles. The molecular formula is C7H10N4O. The standard InChI is InChI=1S/C7H10N4O/c8-7-10-5(4-1-2-4)3-6(12)11(7)9/h3-4H,1-2,9H2,(H2,8,10). The van der Waals surface area contributed by atoms with Crippen molar-refractivity contribution in [2.75, 3.05) is 11.6 Å². The van der Waals surface area contributed by atoms with Crippen LogP contribution in [0.5, 0.6) is 0 Å². The molecule has 1 aromatic heterocycles. The van der Waals surface area contributed by atoms with Crippen molar-refractivity contribution < 1.29 is 0 Å². The molecule has 1 heterocycles. The monoisotopic (exact) mass is 166 g/mol. The molecule has 1 aliphatic rings. The van der Waals surface area contributed by atoms with Crippen molar-refractivity contribution in [1.82, 2.24) is 9.66 Å². The Morgan fingerprint density at radius 3 is 2.75 bits per heavy atom. The van der Waals surface area contributed by atoms with E-state index >= 15 is 0 Å². The van der Waals surface area contributed by atoms with E-state index in [9.17, 15) is 4.79 Å². The molecule has 12 heavy (non-hydrogen) atoms. The molecule has 0 unspecified atom stereocenters. The van der Waals surface area contributed by atoms with Gasteiger partial charge in [-0.1, -0.05) is 0 Å². The number of hydrogen-bond donors (Lipinski definition) is 2. The van der Waals surface area contributed by atoms with Gasteiger partial charge in [0.15, 0.2) is 0 Å². The number of aromatic nitrogens is 2. The molecule has 64 valence electrons. The molecule has 1 fully saturated rings. The van der Waals surface area contributed by atoms with E-state index in [1.165, 1.54) is 6.07 Å². The Kier molecular flexibility index (Phi) is 1.33. The lowest BCUT2D eigenvalue weighted by atomic mass is 10.3. The summed E-state index contributed by atoms with van der Waals surface area (Å²) in [7, 11) is 0. The Labute approximate surface area is 69.0 Å². The van der Waals surface area contributed by atoms with E-state index in [1.807, 2.05) is 0 Å². The van der Waals surface area contributed by atoms with Gasteiger partial charge in [0.05, 0.1) is 5.69 Å². The Morgan fingerprint density at radius 2 is 2.25 bits per heavy atom. The average molecular weight is 166 g/mol. The highest BCUT2D eigenvalue weighted by atomic mass is 16.1. The van der Waals surface area contributed by atoms with Gasteiger partial charge in [0, 0.05) is 12.0 Å². The predicted molar refractivity (Wildman–Crippen MR) is 45.0 cm³/mol. The third kappa shape index (κ3) is 1.03. The molecule has 0 saturated heterocycles. The Balaban J connectivity index is 2.53. The highest BCUT2D eigenvalue weighted by Gasteiger charge is 2.26. The van der Waals surface area contributed by atoms with Crippen LogP contribution in [0.3, 0.4) is 0 Å². The second-order valence-electron chi connectivity index (χ2n) is 3.02. The second kappa shape index (κ2) is 2.23. The van der Waals surface area contributed by atoms with E-state index in [-0.39, 0.29) is 11.5 Å². The lowest BCUT2D eigenvalue weighted by Gasteiger charge is -2.02. The van der Waals surface area contributed by atoms with Crippen molar-refractivity contribution in [2.45, 2.75) is 18.8 Å². The molecule has 0 bridgehead atoms. The maximum absolute atomic E-state index is 11.1.